The molecule has 28 heavy (non-hydrogen) atoms. The minimum Gasteiger partial charge on any atom is -0.444 e. The van der Waals surface area contributed by atoms with E-state index < -0.39 is 28.6 Å². The van der Waals surface area contributed by atoms with Gasteiger partial charge in [-0.2, -0.15) is 0 Å². The highest BCUT2D eigenvalue weighted by Crippen LogP contribution is 2.13. The van der Waals surface area contributed by atoms with Crippen LogP contribution in [0, 0.1) is 10.1 Å². The Morgan fingerprint density at radius 1 is 1.18 bits per heavy atom. The fourth-order valence-electron chi connectivity index (χ4n) is 2.29. The van der Waals surface area contributed by atoms with Crippen LogP contribution in [0.25, 0.3) is 0 Å². The van der Waals surface area contributed by atoms with Crippen molar-refractivity contribution in [1.82, 2.24) is 10.3 Å². The normalized spacial score (nSPS) is 12.0. The van der Waals surface area contributed by atoms with Gasteiger partial charge in [0.2, 0.25) is 5.91 Å². The van der Waals surface area contributed by atoms with Gasteiger partial charge in [0.25, 0.3) is 5.69 Å². The number of pyridine rings is 1. The summed E-state index contributed by atoms with van der Waals surface area (Å²) in [5.74, 6) is -0.379. The Hall–Kier alpha value is -3.49. The second kappa shape index (κ2) is 8.94. The third-order valence-corrected chi connectivity index (χ3v) is 3.50. The van der Waals surface area contributed by atoms with E-state index in [1.54, 1.807) is 20.8 Å². The van der Waals surface area contributed by atoms with E-state index >= 15 is 0 Å². The van der Waals surface area contributed by atoms with Crippen molar-refractivity contribution < 1.29 is 19.2 Å². The second-order valence-corrected chi connectivity index (χ2v) is 7.04. The first-order chi connectivity index (χ1) is 13.1. The SMILES string of the molecule is CC(C)(C)OC(=O)N[C@@H](Cc1ccccc1)C(=O)Nc1ccc([N+](=O)[O-])cn1. The molecule has 1 aromatic carbocycles. The highest BCUT2D eigenvalue weighted by molar-refractivity contribution is 5.96. The summed E-state index contributed by atoms with van der Waals surface area (Å²) in [4.78, 5) is 38.8. The monoisotopic (exact) mass is 386 g/mol. The maximum absolute atomic E-state index is 12.7. The highest BCUT2D eigenvalue weighted by atomic mass is 16.6. The van der Waals surface area contributed by atoms with Gasteiger partial charge in [-0.1, -0.05) is 30.3 Å². The number of carbonyl (C=O) groups excluding carboxylic acids is 2. The number of hydrogen-bond donors (Lipinski definition) is 2. The minimum atomic E-state index is -0.922. The number of aromatic nitrogens is 1. The van der Waals surface area contributed by atoms with Crippen LogP contribution in [0.15, 0.2) is 48.7 Å². The Bertz CT molecular complexity index is 832. The number of rotatable bonds is 6. The fourth-order valence-corrected chi connectivity index (χ4v) is 2.29. The van der Waals surface area contributed by atoms with E-state index in [2.05, 4.69) is 15.6 Å². The third kappa shape index (κ3) is 6.67. The van der Waals surface area contributed by atoms with Crippen LogP contribution in [0.4, 0.5) is 16.3 Å². The lowest BCUT2D eigenvalue weighted by Crippen LogP contribution is -2.47. The van der Waals surface area contributed by atoms with E-state index in [9.17, 15) is 19.7 Å². The van der Waals surface area contributed by atoms with Crippen molar-refractivity contribution >= 4 is 23.5 Å². The lowest BCUT2D eigenvalue weighted by atomic mass is 10.1. The molecule has 1 atom stereocenters. The fraction of sp³-hybridized carbons (Fsp3) is 0.316. The van der Waals surface area contributed by atoms with Gasteiger partial charge in [-0.15, -0.1) is 0 Å². The lowest BCUT2D eigenvalue weighted by molar-refractivity contribution is -0.385. The summed E-state index contributed by atoms with van der Waals surface area (Å²) in [5.41, 5.74) is -0.0568. The Balaban J connectivity index is 2.13. The summed E-state index contributed by atoms with van der Waals surface area (Å²) in [7, 11) is 0. The quantitative estimate of drug-likeness (QED) is 0.581. The first-order valence-electron chi connectivity index (χ1n) is 8.59. The Morgan fingerprint density at radius 3 is 2.39 bits per heavy atom. The molecule has 0 aliphatic heterocycles. The van der Waals surface area contributed by atoms with E-state index in [0.717, 1.165) is 11.8 Å². The molecule has 0 unspecified atom stereocenters. The summed E-state index contributed by atoms with van der Waals surface area (Å²) in [6, 6.07) is 10.8. The van der Waals surface area contributed by atoms with Crippen molar-refractivity contribution in [2.75, 3.05) is 5.32 Å². The lowest BCUT2D eigenvalue weighted by Gasteiger charge is -2.23. The van der Waals surface area contributed by atoms with Crippen molar-refractivity contribution in [3.8, 4) is 0 Å². The summed E-state index contributed by atoms with van der Waals surface area (Å²) in [5, 5.41) is 15.8. The molecule has 2 aromatic rings. The molecule has 2 N–H and O–H groups in total. The van der Waals surface area contributed by atoms with Gasteiger partial charge >= 0.3 is 6.09 Å². The zero-order valence-electron chi connectivity index (χ0n) is 15.8. The molecular formula is C19H22N4O5. The molecule has 2 amide bonds. The maximum atomic E-state index is 12.7. The molecule has 0 bridgehead atoms. The van der Waals surface area contributed by atoms with Crippen molar-refractivity contribution in [3.63, 3.8) is 0 Å². The molecule has 9 heteroatoms. The molecule has 0 aliphatic carbocycles. The molecule has 0 aliphatic rings. The summed E-state index contributed by atoms with van der Waals surface area (Å²) >= 11 is 0. The number of benzene rings is 1. The largest absolute Gasteiger partial charge is 0.444 e. The topological polar surface area (TPSA) is 123 Å². The van der Waals surface area contributed by atoms with E-state index in [-0.39, 0.29) is 17.9 Å². The number of nitrogens with one attached hydrogen (secondary N) is 2. The number of nitrogens with zero attached hydrogens (tertiary/aromatic N) is 2. The van der Waals surface area contributed by atoms with Crippen LogP contribution in [-0.4, -0.2) is 33.6 Å². The van der Waals surface area contributed by atoms with Gasteiger partial charge in [0.05, 0.1) is 4.92 Å². The summed E-state index contributed by atoms with van der Waals surface area (Å²) in [6.07, 6.45) is 0.558. The Morgan fingerprint density at radius 2 is 1.86 bits per heavy atom. The van der Waals surface area contributed by atoms with Crippen molar-refractivity contribution in [1.29, 1.82) is 0 Å². The average molecular weight is 386 g/mol. The smallest absolute Gasteiger partial charge is 0.408 e. The first kappa shape index (κ1) is 20.8. The molecule has 2 rings (SSSR count). The standard InChI is InChI=1S/C19H22N4O5/c1-19(2,3)28-18(25)21-15(11-13-7-5-4-6-8-13)17(24)22-16-10-9-14(12-20-16)23(26)27/h4-10,12,15H,11H2,1-3H3,(H,21,25)(H,20,22,24)/t15-/m0/s1. The van der Waals surface area contributed by atoms with Gasteiger partial charge in [0, 0.05) is 12.5 Å². The molecule has 0 radical (unpaired) electrons. The predicted molar refractivity (Wildman–Crippen MR) is 103 cm³/mol. The second-order valence-electron chi connectivity index (χ2n) is 7.04. The van der Waals surface area contributed by atoms with Crippen molar-refractivity contribution in [2.45, 2.75) is 38.8 Å². The number of alkyl carbamates (subject to hydrolysis) is 1. The molecule has 0 spiro atoms. The van der Waals surface area contributed by atoms with Crippen molar-refractivity contribution in [2.24, 2.45) is 0 Å². The van der Waals surface area contributed by atoms with Gasteiger partial charge in [0.15, 0.2) is 0 Å². The van der Waals surface area contributed by atoms with E-state index in [1.165, 1.54) is 12.1 Å². The van der Waals surface area contributed by atoms with Gasteiger partial charge in [0.1, 0.15) is 23.7 Å². The third-order valence-electron chi connectivity index (χ3n) is 3.50. The van der Waals surface area contributed by atoms with Crippen LogP contribution in [-0.2, 0) is 16.0 Å². The Kier molecular flexibility index (Phi) is 6.64. The van der Waals surface area contributed by atoms with E-state index in [0.29, 0.717) is 0 Å². The van der Waals surface area contributed by atoms with Crippen LogP contribution >= 0.6 is 0 Å². The zero-order chi connectivity index (χ0) is 20.7. The molecule has 0 saturated heterocycles. The van der Waals surface area contributed by atoms with Gasteiger partial charge in [-0.3, -0.25) is 14.9 Å². The number of ether oxygens (including phenoxy) is 1. The molecular weight excluding hydrogens is 364 g/mol. The molecule has 148 valence electrons. The van der Waals surface area contributed by atoms with Crippen LogP contribution in [0.2, 0.25) is 0 Å². The van der Waals surface area contributed by atoms with Gasteiger partial charge < -0.3 is 15.4 Å². The van der Waals surface area contributed by atoms with Crippen LogP contribution in [0.1, 0.15) is 26.3 Å². The number of carbonyl (C=O) groups is 2. The average Bonchev–Trinajstić information content (AvgIpc) is 2.61. The van der Waals surface area contributed by atoms with Crippen LogP contribution < -0.4 is 10.6 Å². The first-order valence-corrected chi connectivity index (χ1v) is 8.59. The molecule has 0 fully saturated rings. The van der Waals surface area contributed by atoms with Crippen LogP contribution in [0.5, 0.6) is 0 Å². The molecule has 9 nitrogen and oxygen atoms in total. The van der Waals surface area contributed by atoms with E-state index in [4.69, 9.17) is 4.74 Å². The summed E-state index contributed by atoms with van der Waals surface area (Å²) in [6.45, 7) is 5.17. The molecule has 1 heterocycles. The zero-order valence-corrected chi connectivity index (χ0v) is 15.8. The highest BCUT2D eigenvalue weighted by Gasteiger charge is 2.25. The number of hydrogen-bond acceptors (Lipinski definition) is 6. The number of nitro groups is 1. The minimum absolute atomic E-state index is 0.139. The van der Waals surface area contributed by atoms with Gasteiger partial charge in [-0.25, -0.2) is 9.78 Å². The van der Waals surface area contributed by atoms with E-state index in [1.807, 2.05) is 30.3 Å². The predicted octanol–water partition coefficient (Wildman–Crippen LogP) is 3.06. The number of amides is 2. The summed E-state index contributed by atoms with van der Waals surface area (Å²) < 4.78 is 5.23. The number of anilines is 1. The van der Waals surface area contributed by atoms with Crippen molar-refractivity contribution in [3.05, 3.63) is 64.3 Å². The maximum Gasteiger partial charge on any atom is 0.408 e. The van der Waals surface area contributed by atoms with Gasteiger partial charge in [-0.05, 0) is 32.4 Å². The Labute approximate surface area is 162 Å². The molecule has 0 saturated carbocycles. The molecule has 1 aromatic heterocycles. The van der Waals surface area contributed by atoms with Crippen LogP contribution in [0.3, 0.4) is 0 Å².